The number of piperidine rings is 1. The van der Waals surface area contributed by atoms with E-state index in [0.29, 0.717) is 29.1 Å². The Morgan fingerprint density at radius 3 is 2.64 bits per heavy atom. The zero-order chi connectivity index (χ0) is 31.6. The van der Waals surface area contributed by atoms with Gasteiger partial charge in [-0.3, -0.25) is 4.90 Å². The Balaban J connectivity index is 1.48. The zero-order valence-corrected chi connectivity index (χ0v) is 26.9. The molecule has 4 N–H and O–H groups in total. The lowest BCUT2D eigenvalue weighted by molar-refractivity contribution is 0.139. The summed E-state index contributed by atoms with van der Waals surface area (Å²) in [6, 6.07) is 10.4. The maximum Gasteiger partial charge on any atom is 0.229 e. The number of aromatic nitrogens is 3. The number of nitrogens with zero attached hydrogens (tertiary/aromatic N) is 4. The number of likely N-dealkylation sites (tertiary alicyclic amines) is 1. The first-order chi connectivity index (χ1) is 21.0. The largest absolute Gasteiger partial charge is 0.494 e. The van der Waals surface area contributed by atoms with Crippen LogP contribution in [-0.2, 0) is 9.84 Å². The molecule has 2 aromatic carbocycles. The van der Waals surface area contributed by atoms with Gasteiger partial charge in [0.15, 0.2) is 21.5 Å². The Morgan fingerprint density at radius 2 is 1.91 bits per heavy atom. The average Bonchev–Trinajstić information content (AvgIpc) is 3.30. The molecule has 0 saturated carbocycles. The van der Waals surface area contributed by atoms with Crippen molar-refractivity contribution >= 4 is 55.4 Å². The van der Waals surface area contributed by atoms with Gasteiger partial charge in [-0.05, 0) is 71.3 Å². The number of rotatable bonds is 11. The fraction of sp³-hybridized carbons (Fsp3) is 0.419. The van der Waals surface area contributed by atoms with Gasteiger partial charge in [0.2, 0.25) is 5.95 Å². The molecule has 1 unspecified atom stereocenters. The van der Waals surface area contributed by atoms with Gasteiger partial charge >= 0.3 is 0 Å². The number of aliphatic hydroxyl groups excluding tert-OH is 1. The van der Waals surface area contributed by atoms with Gasteiger partial charge in [-0.15, -0.1) is 0 Å². The van der Waals surface area contributed by atoms with E-state index in [2.05, 4.69) is 25.5 Å². The predicted octanol–water partition coefficient (Wildman–Crippen LogP) is 5.88. The normalized spacial score (nSPS) is 16.1. The summed E-state index contributed by atoms with van der Waals surface area (Å²) in [6.45, 7) is 9.50. The second-order valence-electron chi connectivity index (χ2n) is 11.5. The molecule has 0 spiro atoms. The molecule has 44 heavy (non-hydrogen) atoms. The number of β-amino-alcohol motifs (C(OH)–C–C–N with tert-alkyl or cyclic N) is 1. The summed E-state index contributed by atoms with van der Waals surface area (Å²) in [4.78, 5) is 11.2. The molecule has 0 amide bonds. The molecule has 0 bridgehead atoms. The molecule has 1 aliphatic heterocycles. The van der Waals surface area contributed by atoms with Crippen molar-refractivity contribution in [3.05, 3.63) is 53.8 Å². The molecule has 0 aliphatic carbocycles. The highest BCUT2D eigenvalue weighted by molar-refractivity contribution is 7.92. The number of halogens is 1. The van der Waals surface area contributed by atoms with Gasteiger partial charge in [0.25, 0.3) is 0 Å². The van der Waals surface area contributed by atoms with Crippen LogP contribution in [0.3, 0.4) is 0 Å². The average molecular weight is 643 g/mol. The van der Waals surface area contributed by atoms with Crippen LogP contribution in [0.4, 0.5) is 23.1 Å². The minimum Gasteiger partial charge on any atom is -0.494 e. The third kappa shape index (κ3) is 6.73. The van der Waals surface area contributed by atoms with Gasteiger partial charge in [-0.2, -0.15) is 4.98 Å². The first-order valence-electron chi connectivity index (χ1n) is 14.7. The van der Waals surface area contributed by atoms with Gasteiger partial charge in [0.05, 0.1) is 40.4 Å². The number of fused-ring (bicyclic) bond motifs is 1. The molecule has 3 heterocycles. The Labute approximate surface area is 262 Å². The third-order valence-corrected chi connectivity index (χ3v) is 10.1. The smallest absolute Gasteiger partial charge is 0.229 e. The predicted molar refractivity (Wildman–Crippen MR) is 174 cm³/mol. The number of anilines is 4. The van der Waals surface area contributed by atoms with E-state index in [-0.39, 0.29) is 46.3 Å². The van der Waals surface area contributed by atoms with E-state index in [1.165, 1.54) is 6.20 Å². The van der Waals surface area contributed by atoms with Crippen molar-refractivity contribution in [1.82, 2.24) is 19.4 Å². The molecular formula is C31H39ClN6O5S. The maximum absolute atomic E-state index is 13.0. The van der Waals surface area contributed by atoms with Crippen LogP contribution < -0.4 is 15.4 Å². The van der Waals surface area contributed by atoms with Gasteiger partial charge < -0.3 is 30.2 Å². The van der Waals surface area contributed by atoms with Crippen LogP contribution in [0.2, 0.25) is 5.02 Å². The van der Waals surface area contributed by atoms with E-state index in [1.807, 2.05) is 36.7 Å². The van der Waals surface area contributed by atoms with E-state index in [0.717, 1.165) is 31.3 Å². The number of ether oxygens (including phenoxy) is 1. The van der Waals surface area contributed by atoms with Crippen molar-refractivity contribution in [1.29, 1.82) is 0 Å². The Kier molecular flexibility index (Phi) is 9.54. The molecular weight excluding hydrogens is 604 g/mol. The molecule has 2 aromatic heterocycles. The van der Waals surface area contributed by atoms with Crippen molar-refractivity contribution in [2.24, 2.45) is 0 Å². The second-order valence-corrected chi connectivity index (χ2v) is 14.4. The first kappa shape index (κ1) is 31.8. The number of benzene rings is 2. The molecule has 236 valence electrons. The van der Waals surface area contributed by atoms with Crippen LogP contribution in [-0.4, -0.2) is 75.7 Å². The quantitative estimate of drug-likeness (QED) is 0.157. The fourth-order valence-electron chi connectivity index (χ4n) is 5.41. The Bertz CT molecular complexity index is 1740. The summed E-state index contributed by atoms with van der Waals surface area (Å²) in [6.07, 6.45) is 5.14. The summed E-state index contributed by atoms with van der Waals surface area (Å²) >= 11 is 6.44. The molecule has 1 fully saturated rings. The monoisotopic (exact) mass is 642 g/mol. The minimum atomic E-state index is -3.57. The molecule has 13 heteroatoms. The number of para-hydroxylation sites is 1. The highest BCUT2D eigenvalue weighted by atomic mass is 35.5. The Morgan fingerprint density at radius 1 is 1.14 bits per heavy atom. The lowest BCUT2D eigenvalue weighted by Crippen LogP contribution is -2.37. The van der Waals surface area contributed by atoms with Crippen LogP contribution in [0, 0.1) is 0 Å². The number of sulfone groups is 1. The van der Waals surface area contributed by atoms with Crippen molar-refractivity contribution in [3.63, 3.8) is 0 Å². The summed E-state index contributed by atoms with van der Waals surface area (Å²) < 4.78 is 34.0. The number of aliphatic hydroxyl groups is 1. The van der Waals surface area contributed by atoms with Gasteiger partial charge in [0, 0.05) is 36.1 Å². The van der Waals surface area contributed by atoms with Crippen molar-refractivity contribution in [3.8, 4) is 11.6 Å². The zero-order valence-electron chi connectivity index (χ0n) is 25.3. The van der Waals surface area contributed by atoms with E-state index >= 15 is 0 Å². The van der Waals surface area contributed by atoms with Gasteiger partial charge in [-0.25, -0.2) is 13.4 Å². The standard InChI is InChI=1S/C31H39ClN6O5S/c1-19(2)43-27-14-21-17-38(22-8-7-11-37(18-22)12-13-39)30(40)23(21)15-26(27)35-31-33-16-24(32)29(36-31)34-25-9-5-6-10-28(25)44(41,42)20(3)4/h5-6,9-10,14-17,19-20,22,39-40H,7-8,11-13,18H2,1-4H3,(H2,33,34,35,36). The summed E-state index contributed by atoms with van der Waals surface area (Å²) in [5.74, 6) is 1.12. The van der Waals surface area contributed by atoms with E-state index in [4.69, 9.17) is 16.3 Å². The van der Waals surface area contributed by atoms with Gasteiger partial charge in [0.1, 0.15) is 10.8 Å². The molecule has 11 nitrogen and oxygen atoms in total. The SMILES string of the molecule is CC(C)Oc1cc2cn(C3CCCN(CCO)C3)c(O)c2cc1Nc1ncc(Cl)c(Nc2ccccc2S(=O)(=O)C(C)C)n1. The lowest BCUT2D eigenvalue weighted by atomic mass is 10.1. The summed E-state index contributed by atoms with van der Waals surface area (Å²) in [5, 5.41) is 28.1. The van der Waals surface area contributed by atoms with Crippen molar-refractivity contribution in [2.45, 2.75) is 62.8 Å². The second kappa shape index (κ2) is 13.2. The molecule has 1 atom stereocenters. The summed E-state index contributed by atoms with van der Waals surface area (Å²) in [7, 11) is -3.57. The lowest BCUT2D eigenvalue weighted by Gasteiger charge is -2.33. The fourth-order valence-corrected chi connectivity index (χ4v) is 6.75. The number of hydrogen-bond donors (Lipinski definition) is 4. The maximum atomic E-state index is 13.0. The molecule has 5 rings (SSSR count). The van der Waals surface area contributed by atoms with Crippen molar-refractivity contribution < 1.29 is 23.4 Å². The van der Waals surface area contributed by atoms with Crippen molar-refractivity contribution in [2.75, 3.05) is 36.9 Å². The highest BCUT2D eigenvalue weighted by Gasteiger charge is 2.26. The number of aromatic hydroxyl groups is 1. The van der Waals surface area contributed by atoms with Crippen LogP contribution in [0.5, 0.6) is 11.6 Å². The van der Waals surface area contributed by atoms with E-state index in [9.17, 15) is 18.6 Å². The Hall–Kier alpha value is -3.58. The highest BCUT2D eigenvalue weighted by Crippen LogP contribution is 2.40. The number of nitrogens with one attached hydrogen (secondary N) is 2. The van der Waals surface area contributed by atoms with Gasteiger partial charge in [-0.1, -0.05) is 23.7 Å². The van der Waals surface area contributed by atoms with E-state index < -0.39 is 15.1 Å². The molecule has 1 saturated heterocycles. The molecule has 1 aliphatic rings. The van der Waals surface area contributed by atoms with Crippen LogP contribution >= 0.6 is 11.6 Å². The van der Waals surface area contributed by atoms with Crippen LogP contribution in [0.15, 0.2) is 53.7 Å². The minimum absolute atomic E-state index is 0.0733. The number of hydrogen-bond acceptors (Lipinski definition) is 10. The van der Waals surface area contributed by atoms with Crippen LogP contribution in [0.1, 0.15) is 46.6 Å². The summed E-state index contributed by atoms with van der Waals surface area (Å²) in [5.41, 5.74) is 0.894. The topological polar surface area (TPSA) is 142 Å². The molecule has 4 aromatic rings. The third-order valence-electron chi connectivity index (χ3n) is 7.63. The van der Waals surface area contributed by atoms with E-state index in [1.54, 1.807) is 38.1 Å². The van der Waals surface area contributed by atoms with Crippen LogP contribution in [0.25, 0.3) is 10.8 Å². The first-order valence-corrected chi connectivity index (χ1v) is 16.7. The molecule has 0 radical (unpaired) electrons.